The third-order valence-electron chi connectivity index (χ3n) is 4.11. The molecule has 1 rings (SSSR count). The van der Waals surface area contributed by atoms with Crippen LogP contribution in [0.3, 0.4) is 0 Å². The van der Waals surface area contributed by atoms with Crippen molar-refractivity contribution in [2.45, 2.75) is 52.3 Å². The lowest BCUT2D eigenvalue weighted by Gasteiger charge is -2.43. The maximum Gasteiger partial charge on any atom is 0.113 e. The Labute approximate surface area is 142 Å². The SMILES string of the molecule is C=CC.C=CN/C(=C\C)C1(N)CCN(C(O)C(C)/C=C/C)CC1. The van der Waals surface area contributed by atoms with Crippen molar-refractivity contribution in [1.82, 2.24) is 10.2 Å². The predicted molar refractivity (Wildman–Crippen MR) is 101 cm³/mol. The standard InChI is InChI=1S/C16H29N3O.C3H6/c1-5-8-13(4)15(20)19-11-9-16(17,10-12-19)14(6-2)18-7-3;1-3-2/h5-8,13,15,18,20H,3,9-12,17H2,1-2,4H3;3H,1H2,2H3/b8-5+,14-6-;. The number of nitrogens with one attached hydrogen (secondary N) is 1. The van der Waals surface area contributed by atoms with E-state index in [1.54, 1.807) is 12.3 Å². The first-order chi connectivity index (χ1) is 10.9. The second-order valence-corrected chi connectivity index (χ2v) is 5.95. The molecule has 0 aromatic rings. The zero-order valence-electron chi connectivity index (χ0n) is 15.3. The lowest BCUT2D eigenvalue weighted by molar-refractivity contribution is -0.0398. The molecule has 0 spiro atoms. The van der Waals surface area contributed by atoms with Gasteiger partial charge in [0.2, 0.25) is 0 Å². The van der Waals surface area contributed by atoms with Gasteiger partial charge in [0.05, 0.1) is 5.54 Å². The van der Waals surface area contributed by atoms with Crippen LogP contribution in [0.4, 0.5) is 0 Å². The van der Waals surface area contributed by atoms with E-state index in [1.165, 1.54) is 0 Å². The third kappa shape index (κ3) is 6.73. The van der Waals surface area contributed by atoms with Crippen molar-refractivity contribution in [2.24, 2.45) is 11.7 Å². The number of nitrogens with zero attached hydrogens (tertiary/aromatic N) is 1. The fourth-order valence-corrected chi connectivity index (χ4v) is 2.82. The second-order valence-electron chi connectivity index (χ2n) is 5.95. The van der Waals surface area contributed by atoms with E-state index in [2.05, 4.69) is 23.4 Å². The van der Waals surface area contributed by atoms with Crippen molar-refractivity contribution in [1.29, 1.82) is 0 Å². The molecule has 1 aliphatic rings. The Bertz CT molecular complexity index is 407. The summed E-state index contributed by atoms with van der Waals surface area (Å²) in [6.45, 7) is 16.5. The molecule has 1 saturated heterocycles. The average molecular weight is 322 g/mol. The second kappa shape index (κ2) is 11.2. The quantitative estimate of drug-likeness (QED) is 0.658. The maximum absolute atomic E-state index is 10.3. The summed E-state index contributed by atoms with van der Waals surface area (Å²) in [5.74, 6) is 0.137. The molecular formula is C19H35N3O. The van der Waals surface area contributed by atoms with Gasteiger partial charge in [-0.25, -0.2) is 0 Å². The Morgan fingerprint density at radius 2 is 1.78 bits per heavy atom. The predicted octanol–water partition coefficient (Wildman–Crippen LogP) is 3.14. The normalized spacial score (nSPS) is 21.0. The average Bonchev–Trinajstić information content (AvgIpc) is 2.53. The highest BCUT2D eigenvalue weighted by Gasteiger charge is 2.36. The molecule has 0 bridgehead atoms. The number of hydrogen-bond donors (Lipinski definition) is 3. The summed E-state index contributed by atoms with van der Waals surface area (Å²) in [4.78, 5) is 2.11. The van der Waals surface area contributed by atoms with Crippen LogP contribution in [0.2, 0.25) is 0 Å². The van der Waals surface area contributed by atoms with E-state index < -0.39 is 6.23 Å². The van der Waals surface area contributed by atoms with Crippen molar-refractivity contribution >= 4 is 0 Å². The molecule has 23 heavy (non-hydrogen) atoms. The number of aliphatic hydroxyl groups is 1. The molecule has 4 heteroatoms. The Hall–Kier alpha value is -1.36. The number of rotatable bonds is 6. The van der Waals surface area contributed by atoms with E-state index in [1.807, 2.05) is 45.9 Å². The summed E-state index contributed by atoms with van der Waals surface area (Å²) >= 11 is 0. The van der Waals surface area contributed by atoms with Crippen LogP contribution in [0.1, 0.15) is 40.5 Å². The summed E-state index contributed by atoms with van der Waals surface area (Å²) in [5.41, 5.74) is 7.17. The topological polar surface area (TPSA) is 61.5 Å². The molecule has 1 heterocycles. The van der Waals surface area contributed by atoms with Gasteiger partial charge in [-0.1, -0.05) is 37.8 Å². The number of aliphatic hydroxyl groups excluding tert-OH is 1. The highest BCUT2D eigenvalue weighted by atomic mass is 16.3. The molecule has 0 amide bonds. The largest absolute Gasteiger partial charge is 0.378 e. The molecule has 0 aliphatic carbocycles. The number of nitrogens with two attached hydrogens (primary N) is 1. The van der Waals surface area contributed by atoms with Gasteiger partial charge >= 0.3 is 0 Å². The van der Waals surface area contributed by atoms with Gasteiger partial charge in [0, 0.05) is 24.7 Å². The minimum Gasteiger partial charge on any atom is -0.378 e. The zero-order chi connectivity index (χ0) is 17.9. The fraction of sp³-hybridized carbons (Fsp3) is 0.579. The summed E-state index contributed by atoms with van der Waals surface area (Å²) in [5, 5.41) is 13.5. The van der Waals surface area contributed by atoms with Crippen LogP contribution in [0.25, 0.3) is 0 Å². The number of hydrogen-bond acceptors (Lipinski definition) is 4. The molecule has 0 radical (unpaired) electrons. The molecule has 0 aromatic carbocycles. The Morgan fingerprint density at radius 3 is 2.17 bits per heavy atom. The molecule has 0 aromatic heterocycles. The van der Waals surface area contributed by atoms with Gasteiger partial charge in [0.1, 0.15) is 6.23 Å². The monoisotopic (exact) mass is 321 g/mol. The molecule has 4 N–H and O–H groups in total. The van der Waals surface area contributed by atoms with Gasteiger partial charge in [-0.2, -0.15) is 0 Å². The van der Waals surface area contributed by atoms with Gasteiger partial charge in [-0.05, 0) is 39.8 Å². The van der Waals surface area contributed by atoms with Gasteiger partial charge in [-0.15, -0.1) is 6.58 Å². The summed E-state index contributed by atoms with van der Waals surface area (Å²) in [6, 6.07) is 0. The lowest BCUT2D eigenvalue weighted by atomic mass is 9.84. The fourth-order valence-electron chi connectivity index (χ4n) is 2.82. The van der Waals surface area contributed by atoms with Crippen molar-refractivity contribution < 1.29 is 5.11 Å². The first-order valence-electron chi connectivity index (χ1n) is 8.35. The first-order valence-corrected chi connectivity index (χ1v) is 8.35. The van der Waals surface area contributed by atoms with Crippen LogP contribution in [-0.4, -0.2) is 34.9 Å². The zero-order valence-corrected chi connectivity index (χ0v) is 15.3. The number of allylic oxidation sites excluding steroid dienone is 3. The molecule has 1 fully saturated rings. The van der Waals surface area contributed by atoms with Crippen molar-refractivity contribution in [3.8, 4) is 0 Å². The maximum atomic E-state index is 10.3. The van der Waals surface area contributed by atoms with Crippen LogP contribution >= 0.6 is 0 Å². The molecule has 2 unspecified atom stereocenters. The molecule has 0 saturated carbocycles. The van der Waals surface area contributed by atoms with Gasteiger partial charge in [0.15, 0.2) is 0 Å². The number of piperidine rings is 1. The highest BCUT2D eigenvalue weighted by Crippen LogP contribution is 2.27. The van der Waals surface area contributed by atoms with E-state index >= 15 is 0 Å². The summed E-state index contributed by atoms with van der Waals surface area (Å²) < 4.78 is 0. The van der Waals surface area contributed by atoms with Crippen LogP contribution in [0, 0.1) is 5.92 Å². The first kappa shape index (κ1) is 21.6. The molecule has 4 nitrogen and oxygen atoms in total. The molecule has 2 atom stereocenters. The van der Waals surface area contributed by atoms with Gasteiger partial charge in [-0.3, -0.25) is 4.90 Å². The Morgan fingerprint density at radius 1 is 1.26 bits per heavy atom. The highest BCUT2D eigenvalue weighted by molar-refractivity contribution is 5.20. The lowest BCUT2D eigenvalue weighted by Crippen LogP contribution is -2.56. The minimum absolute atomic E-state index is 0.137. The van der Waals surface area contributed by atoms with E-state index in [-0.39, 0.29) is 11.5 Å². The smallest absolute Gasteiger partial charge is 0.113 e. The summed E-state index contributed by atoms with van der Waals surface area (Å²) in [7, 11) is 0. The van der Waals surface area contributed by atoms with Crippen LogP contribution < -0.4 is 11.1 Å². The van der Waals surface area contributed by atoms with Crippen molar-refractivity contribution in [3.05, 3.63) is 49.4 Å². The van der Waals surface area contributed by atoms with Crippen molar-refractivity contribution in [3.63, 3.8) is 0 Å². The van der Waals surface area contributed by atoms with Crippen LogP contribution in [0.15, 0.2) is 49.4 Å². The van der Waals surface area contributed by atoms with Gasteiger partial charge in [0.25, 0.3) is 0 Å². The molecular weight excluding hydrogens is 286 g/mol. The van der Waals surface area contributed by atoms with E-state index in [0.29, 0.717) is 0 Å². The molecule has 132 valence electrons. The molecule has 1 aliphatic heterocycles. The third-order valence-corrected chi connectivity index (χ3v) is 4.11. The Balaban J connectivity index is 0.00000149. The van der Waals surface area contributed by atoms with E-state index in [9.17, 15) is 5.11 Å². The van der Waals surface area contributed by atoms with E-state index in [0.717, 1.165) is 31.6 Å². The van der Waals surface area contributed by atoms with Crippen LogP contribution in [-0.2, 0) is 0 Å². The number of likely N-dealkylation sites (tertiary alicyclic amines) is 1. The van der Waals surface area contributed by atoms with Gasteiger partial charge < -0.3 is 16.2 Å². The van der Waals surface area contributed by atoms with E-state index in [4.69, 9.17) is 5.73 Å². The summed E-state index contributed by atoms with van der Waals surface area (Å²) in [6.07, 6.45) is 10.7. The van der Waals surface area contributed by atoms with Crippen LogP contribution in [0.5, 0.6) is 0 Å². The van der Waals surface area contributed by atoms with Crippen molar-refractivity contribution in [2.75, 3.05) is 13.1 Å². The Kier molecular flexibility index (Phi) is 10.6. The minimum atomic E-state index is -0.433.